The summed E-state index contributed by atoms with van der Waals surface area (Å²) < 4.78 is 30.0. The second-order valence-electron chi connectivity index (χ2n) is 6.90. The number of benzene rings is 2. The molecule has 0 bridgehead atoms. The van der Waals surface area contributed by atoms with Crippen LogP contribution in [0, 0.1) is 13.8 Å². The number of methoxy groups -OCH3 is 1. The Balaban J connectivity index is 2.23. The summed E-state index contributed by atoms with van der Waals surface area (Å²) in [5.74, 6) is 0.614. The minimum absolute atomic E-state index is 0.129. The van der Waals surface area contributed by atoms with Gasteiger partial charge in [-0.05, 0) is 61.2 Å². The average molecular weight is 405 g/mol. The molecule has 0 heterocycles. The SMILES string of the molecule is CC[C@@H](NC(=O)c1ccc(N(C)S(C)(=O)=O)c(C)c1)c1ccc(OC)c(C)c1. The van der Waals surface area contributed by atoms with Crippen LogP contribution in [-0.2, 0) is 10.0 Å². The fraction of sp³-hybridized carbons (Fsp3) is 0.381. The Hall–Kier alpha value is -2.54. The van der Waals surface area contributed by atoms with E-state index in [9.17, 15) is 13.2 Å². The van der Waals surface area contributed by atoms with Gasteiger partial charge in [0, 0.05) is 12.6 Å². The molecule has 2 aromatic carbocycles. The maximum atomic E-state index is 12.8. The molecule has 152 valence electrons. The van der Waals surface area contributed by atoms with Crippen LogP contribution in [0.25, 0.3) is 0 Å². The van der Waals surface area contributed by atoms with E-state index in [-0.39, 0.29) is 11.9 Å². The second-order valence-corrected chi connectivity index (χ2v) is 8.91. The molecule has 2 aromatic rings. The number of carbonyl (C=O) groups excluding carboxylic acids is 1. The largest absolute Gasteiger partial charge is 0.496 e. The maximum Gasteiger partial charge on any atom is 0.251 e. The highest BCUT2D eigenvalue weighted by Gasteiger charge is 2.18. The highest BCUT2D eigenvalue weighted by Crippen LogP contribution is 2.26. The smallest absolute Gasteiger partial charge is 0.251 e. The second kappa shape index (κ2) is 8.65. The molecule has 0 saturated carbocycles. The van der Waals surface area contributed by atoms with Crippen LogP contribution >= 0.6 is 0 Å². The first kappa shape index (κ1) is 21.8. The van der Waals surface area contributed by atoms with Crippen molar-refractivity contribution >= 4 is 21.6 Å². The molecule has 1 N–H and O–H groups in total. The molecule has 1 amide bonds. The summed E-state index contributed by atoms with van der Waals surface area (Å²) in [6.45, 7) is 5.77. The number of nitrogens with one attached hydrogen (secondary N) is 1. The molecule has 7 heteroatoms. The van der Waals surface area contributed by atoms with Gasteiger partial charge in [-0.25, -0.2) is 8.42 Å². The van der Waals surface area contributed by atoms with E-state index in [1.165, 1.54) is 11.4 Å². The molecule has 0 spiro atoms. The Labute approximate surface area is 167 Å². The first-order chi connectivity index (χ1) is 13.1. The monoisotopic (exact) mass is 404 g/mol. The van der Waals surface area contributed by atoms with E-state index in [0.717, 1.165) is 29.6 Å². The molecule has 0 aliphatic rings. The van der Waals surface area contributed by atoms with Crippen LogP contribution in [-0.4, -0.2) is 34.7 Å². The lowest BCUT2D eigenvalue weighted by Crippen LogP contribution is -2.29. The number of nitrogens with zero attached hydrogens (tertiary/aromatic N) is 1. The summed E-state index contributed by atoms with van der Waals surface area (Å²) in [4.78, 5) is 12.8. The number of ether oxygens (including phenoxy) is 1. The summed E-state index contributed by atoms with van der Waals surface area (Å²) in [6.07, 6.45) is 1.89. The molecule has 2 rings (SSSR count). The van der Waals surface area contributed by atoms with Gasteiger partial charge in [0.2, 0.25) is 10.0 Å². The van der Waals surface area contributed by atoms with Crippen LogP contribution in [0.15, 0.2) is 36.4 Å². The van der Waals surface area contributed by atoms with Gasteiger partial charge in [0.15, 0.2) is 0 Å². The summed E-state index contributed by atoms with van der Waals surface area (Å²) >= 11 is 0. The Morgan fingerprint density at radius 3 is 2.32 bits per heavy atom. The molecule has 0 radical (unpaired) electrons. The van der Waals surface area contributed by atoms with Crippen molar-refractivity contribution < 1.29 is 17.9 Å². The Morgan fingerprint density at radius 1 is 1.14 bits per heavy atom. The number of carbonyl (C=O) groups is 1. The number of anilines is 1. The van der Waals surface area contributed by atoms with E-state index in [0.29, 0.717) is 16.8 Å². The lowest BCUT2D eigenvalue weighted by atomic mass is 10.0. The fourth-order valence-electron chi connectivity index (χ4n) is 3.11. The van der Waals surface area contributed by atoms with Crippen molar-refractivity contribution in [3.63, 3.8) is 0 Å². The predicted molar refractivity (Wildman–Crippen MR) is 113 cm³/mol. The van der Waals surface area contributed by atoms with Gasteiger partial charge in [-0.3, -0.25) is 9.10 Å². The van der Waals surface area contributed by atoms with Gasteiger partial charge in [0.1, 0.15) is 5.75 Å². The normalized spacial score (nSPS) is 12.4. The quantitative estimate of drug-likeness (QED) is 0.765. The molecule has 1 atom stereocenters. The van der Waals surface area contributed by atoms with Crippen molar-refractivity contribution in [1.29, 1.82) is 0 Å². The van der Waals surface area contributed by atoms with Gasteiger partial charge in [-0.2, -0.15) is 0 Å². The fourth-order valence-corrected chi connectivity index (χ4v) is 3.67. The van der Waals surface area contributed by atoms with E-state index in [1.54, 1.807) is 32.2 Å². The van der Waals surface area contributed by atoms with E-state index < -0.39 is 10.0 Å². The van der Waals surface area contributed by atoms with E-state index >= 15 is 0 Å². The standard InChI is InChI=1S/C21H28N2O4S/c1-7-18(16-9-11-20(27-5)15(3)13-16)22-21(24)17-8-10-19(14(2)12-17)23(4)28(6,25)26/h8-13,18H,7H2,1-6H3,(H,22,24)/t18-/m1/s1. The highest BCUT2D eigenvalue weighted by atomic mass is 32.2. The number of amides is 1. The third kappa shape index (κ3) is 4.84. The van der Waals surface area contributed by atoms with Crippen LogP contribution < -0.4 is 14.4 Å². The lowest BCUT2D eigenvalue weighted by Gasteiger charge is -2.21. The van der Waals surface area contributed by atoms with Gasteiger partial charge in [0.25, 0.3) is 5.91 Å². The molecule has 28 heavy (non-hydrogen) atoms. The van der Waals surface area contributed by atoms with Gasteiger partial charge < -0.3 is 10.1 Å². The van der Waals surface area contributed by atoms with E-state index in [2.05, 4.69) is 5.32 Å². The van der Waals surface area contributed by atoms with Gasteiger partial charge >= 0.3 is 0 Å². The van der Waals surface area contributed by atoms with Crippen molar-refractivity contribution in [3.8, 4) is 5.75 Å². The van der Waals surface area contributed by atoms with Gasteiger partial charge in [-0.15, -0.1) is 0 Å². The Bertz CT molecular complexity index is 970. The van der Waals surface area contributed by atoms with Crippen LogP contribution in [0.2, 0.25) is 0 Å². The van der Waals surface area contributed by atoms with Crippen LogP contribution in [0.5, 0.6) is 5.75 Å². The predicted octanol–water partition coefficient (Wildman–Crippen LogP) is 3.59. The molecule has 0 saturated heterocycles. The summed E-state index contributed by atoms with van der Waals surface area (Å²) in [5.41, 5.74) is 3.79. The van der Waals surface area contributed by atoms with Gasteiger partial charge in [-0.1, -0.05) is 19.1 Å². The van der Waals surface area contributed by atoms with E-state index in [4.69, 9.17) is 4.74 Å². The molecule has 6 nitrogen and oxygen atoms in total. The van der Waals surface area contributed by atoms with Crippen molar-refractivity contribution in [2.24, 2.45) is 0 Å². The highest BCUT2D eigenvalue weighted by molar-refractivity contribution is 7.92. The summed E-state index contributed by atoms with van der Waals surface area (Å²) in [5, 5.41) is 3.06. The Kier molecular flexibility index (Phi) is 6.72. The summed E-state index contributed by atoms with van der Waals surface area (Å²) in [7, 11) is -0.228. The first-order valence-electron chi connectivity index (χ1n) is 9.08. The molecule has 0 aliphatic carbocycles. The zero-order valence-corrected chi connectivity index (χ0v) is 18.1. The van der Waals surface area contributed by atoms with Crippen LogP contribution in [0.4, 0.5) is 5.69 Å². The topological polar surface area (TPSA) is 75.7 Å². The zero-order valence-electron chi connectivity index (χ0n) is 17.2. The summed E-state index contributed by atoms with van der Waals surface area (Å²) in [6, 6.07) is 10.8. The van der Waals surface area contributed by atoms with Crippen molar-refractivity contribution in [1.82, 2.24) is 5.32 Å². The van der Waals surface area contributed by atoms with Crippen molar-refractivity contribution in [3.05, 3.63) is 58.7 Å². The first-order valence-corrected chi connectivity index (χ1v) is 10.9. The minimum Gasteiger partial charge on any atom is -0.496 e. The van der Waals surface area contributed by atoms with E-state index in [1.807, 2.05) is 32.0 Å². The third-order valence-electron chi connectivity index (χ3n) is 4.83. The van der Waals surface area contributed by atoms with Crippen LogP contribution in [0.1, 0.15) is 46.4 Å². The number of rotatable bonds is 7. The van der Waals surface area contributed by atoms with Gasteiger partial charge in [0.05, 0.1) is 25.1 Å². The zero-order chi connectivity index (χ0) is 21.1. The molecule has 0 fully saturated rings. The third-order valence-corrected chi connectivity index (χ3v) is 6.02. The average Bonchev–Trinajstić information content (AvgIpc) is 2.64. The number of hydrogen-bond donors (Lipinski definition) is 1. The molecule has 0 aromatic heterocycles. The Morgan fingerprint density at radius 2 is 1.82 bits per heavy atom. The van der Waals surface area contributed by atoms with Crippen molar-refractivity contribution in [2.75, 3.05) is 24.7 Å². The lowest BCUT2D eigenvalue weighted by molar-refractivity contribution is 0.0935. The van der Waals surface area contributed by atoms with Crippen molar-refractivity contribution in [2.45, 2.75) is 33.2 Å². The minimum atomic E-state index is -3.36. The van der Waals surface area contributed by atoms with Crippen LogP contribution in [0.3, 0.4) is 0 Å². The maximum absolute atomic E-state index is 12.8. The molecular weight excluding hydrogens is 376 g/mol. The number of aryl methyl sites for hydroxylation is 2. The number of hydrogen-bond acceptors (Lipinski definition) is 4. The molecular formula is C21H28N2O4S. The molecule has 0 unspecified atom stereocenters. The molecule has 0 aliphatic heterocycles. The number of sulfonamides is 1.